The number of fused-ring (bicyclic) bond motifs is 1. The molecular formula is C39H37N3O8. The van der Waals surface area contributed by atoms with Crippen LogP contribution in [-0.4, -0.2) is 52.3 Å². The predicted molar refractivity (Wildman–Crippen MR) is 184 cm³/mol. The lowest BCUT2D eigenvalue weighted by Crippen LogP contribution is -2.41. The third kappa shape index (κ3) is 8.87. The summed E-state index contributed by atoms with van der Waals surface area (Å²) < 4.78 is 11.6. The van der Waals surface area contributed by atoms with E-state index in [-0.39, 0.29) is 22.9 Å². The number of aliphatic carboxylic acids is 1. The smallest absolute Gasteiger partial charge is 0.308 e. The third-order valence-corrected chi connectivity index (χ3v) is 8.47. The highest BCUT2D eigenvalue weighted by Crippen LogP contribution is 2.46. The van der Waals surface area contributed by atoms with E-state index in [1.165, 1.54) is 6.20 Å². The van der Waals surface area contributed by atoms with Gasteiger partial charge in [-0.05, 0) is 41.7 Å². The number of nitrogens with one attached hydrogen (secondary N) is 1. The second-order valence-corrected chi connectivity index (χ2v) is 12.0. The number of aromatic nitrogens is 1. The number of hydrogen-bond acceptors (Lipinski definition) is 8. The number of hydrogen-bond donors (Lipinski definition) is 3. The summed E-state index contributed by atoms with van der Waals surface area (Å²) in [5, 5.41) is 12.1. The molecule has 0 fully saturated rings. The van der Waals surface area contributed by atoms with E-state index in [0.29, 0.717) is 24.0 Å². The third-order valence-electron chi connectivity index (χ3n) is 8.47. The first-order valence-corrected chi connectivity index (χ1v) is 16.1. The Bertz CT molecular complexity index is 1890. The Balaban J connectivity index is 1.29. The molecule has 1 aromatic heterocycles. The van der Waals surface area contributed by atoms with E-state index in [0.717, 1.165) is 16.7 Å². The van der Waals surface area contributed by atoms with Crippen LogP contribution in [0.3, 0.4) is 0 Å². The highest BCUT2D eigenvalue weighted by molar-refractivity contribution is 6.54. The van der Waals surface area contributed by atoms with E-state index in [1.54, 1.807) is 13.0 Å². The molecule has 4 N–H and O–H groups in total. The van der Waals surface area contributed by atoms with Crippen molar-refractivity contribution in [1.29, 1.82) is 0 Å². The summed E-state index contributed by atoms with van der Waals surface area (Å²) >= 11 is 0. The number of primary amides is 1. The van der Waals surface area contributed by atoms with Crippen molar-refractivity contribution in [1.82, 2.24) is 10.3 Å². The molecule has 50 heavy (non-hydrogen) atoms. The van der Waals surface area contributed by atoms with Gasteiger partial charge in [0.25, 0.3) is 17.6 Å². The molecule has 2 amide bonds. The van der Waals surface area contributed by atoms with Gasteiger partial charge in [0.2, 0.25) is 5.88 Å². The molecule has 0 spiro atoms. The number of nitrogens with two attached hydrogens (primary N) is 1. The lowest BCUT2D eigenvalue weighted by atomic mass is 9.90. The van der Waals surface area contributed by atoms with Crippen molar-refractivity contribution in [2.75, 3.05) is 6.61 Å². The maximum absolute atomic E-state index is 13.2. The molecule has 1 heterocycles. The van der Waals surface area contributed by atoms with Crippen LogP contribution in [0.5, 0.6) is 5.88 Å². The fourth-order valence-electron chi connectivity index (χ4n) is 6.16. The molecule has 256 valence electrons. The van der Waals surface area contributed by atoms with E-state index >= 15 is 0 Å². The van der Waals surface area contributed by atoms with Gasteiger partial charge in [-0.25, -0.2) is 4.98 Å². The van der Waals surface area contributed by atoms with Crippen LogP contribution in [0.15, 0.2) is 109 Å². The zero-order chi connectivity index (χ0) is 35.6. The van der Waals surface area contributed by atoms with Crippen LogP contribution in [0, 0.1) is 0 Å². The molecule has 11 heteroatoms. The number of ether oxygens (including phenoxy) is 2. The highest BCUT2D eigenvalue weighted by Gasteiger charge is 2.37. The van der Waals surface area contributed by atoms with Crippen molar-refractivity contribution in [3.05, 3.63) is 137 Å². The van der Waals surface area contributed by atoms with Crippen LogP contribution in [0.25, 0.3) is 5.57 Å². The maximum Gasteiger partial charge on any atom is 0.308 e. The second-order valence-electron chi connectivity index (χ2n) is 12.0. The van der Waals surface area contributed by atoms with Gasteiger partial charge in [-0.3, -0.25) is 24.0 Å². The summed E-state index contributed by atoms with van der Waals surface area (Å²) in [6.45, 7) is 1.13. The van der Waals surface area contributed by atoms with Gasteiger partial charge in [-0.2, -0.15) is 0 Å². The first-order valence-electron chi connectivity index (χ1n) is 16.1. The fraction of sp³-hybridized carbons (Fsp3) is 0.231. The second kappa shape index (κ2) is 16.3. The number of nitrogens with zero attached hydrogens (tertiary/aromatic N) is 1. The van der Waals surface area contributed by atoms with Crippen LogP contribution in [0.1, 0.15) is 59.6 Å². The van der Waals surface area contributed by atoms with Crippen molar-refractivity contribution < 1.29 is 38.6 Å². The molecule has 0 radical (unpaired) electrons. The zero-order valence-corrected chi connectivity index (χ0v) is 27.4. The molecule has 3 atom stereocenters. The molecule has 0 saturated heterocycles. The zero-order valence-electron chi connectivity index (χ0n) is 27.4. The Hall–Kier alpha value is -6.10. The number of carbonyl (C=O) groups is 5. The first-order chi connectivity index (χ1) is 24.1. The summed E-state index contributed by atoms with van der Waals surface area (Å²) in [6, 6.07) is 28.9. The van der Waals surface area contributed by atoms with E-state index in [1.807, 2.05) is 91.0 Å². The lowest BCUT2D eigenvalue weighted by Gasteiger charge is -2.21. The highest BCUT2D eigenvalue weighted by atomic mass is 16.5. The molecule has 0 aliphatic heterocycles. The molecule has 1 aliphatic carbocycles. The number of amides is 2. The van der Waals surface area contributed by atoms with Crippen LogP contribution in [0.4, 0.5) is 0 Å². The fourth-order valence-corrected chi connectivity index (χ4v) is 6.16. The number of benzene rings is 3. The van der Waals surface area contributed by atoms with Crippen LogP contribution in [0.2, 0.25) is 0 Å². The van der Waals surface area contributed by atoms with Crippen molar-refractivity contribution in [3.8, 4) is 5.88 Å². The van der Waals surface area contributed by atoms with Crippen LogP contribution < -0.4 is 15.8 Å². The monoisotopic (exact) mass is 675 g/mol. The SMILES string of the molecule is CC1=C(C(=O)C(N)=O)c2c(ccnc2OCC(=O)NC(CC(=O)O)CC(=O)OC(Cc2ccccc2)c2ccccc2)C1Cc1ccccc1. The first kappa shape index (κ1) is 35.2. The molecular weight excluding hydrogens is 638 g/mol. The van der Waals surface area contributed by atoms with Crippen molar-refractivity contribution in [2.45, 2.75) is 50.7 Å². The van der Waals surface area contributed by atoms with Gasteiger partial charge in [0.05, 0.1) is 18.4 Å². The van der Waals surface area contributed by atoms with Gasteiger partial charge in [0, 0.05) is 30.2 Å². The number of carboxylic acid groups (broad SMARTS) is 1. The number of carboxylic acids is 1. The number of rotatable bonds is 16. The van der Waals surface area contributed by atoms with Gasteiger partial charge in [-0.1, -0.05) is 96.6 Å². The van der Waals surface area contributed by atoms with E-state index < -0.39 is 61.1 Å². The Kier molecular flexibility index (Phi) is 11.5. The van der Waals surface area contributed by atoms with Crippen molar-refractivity contribution in [2.24, 2.45) is 5.73 Å². The van der Waals surface area contributed by atoms with Crippen LogP contribution >= 0.6 is 0 Å². The molecule has 3 unspecified atom stereocenters. The lowest BCUT2D eigenvalue weighted by molar-refractivity contribution is -0.150. The average Bonchev–Trinajstić information content (AvgIpc) is 3.38. The minimum atomic E-state index is -1.23. The topological polar surface area (TPSA) is 175 Å². The summed E-state index contributed by atoms with van der Waals surface area (Å²) in [7, 11) is 0. The number of esters is 1. The van der Waals surface area contributed by atoms with Crippen molar-refractivity contribution >= 4 is 35.1 Å². The Morgan fingerprint density at radius 1 is 0.860 bits per heavy atom. The van der Waals surface area contributed by atoms with Crippen molar-refractivity contribution in [3.63, 3.8) is 0 Å². The molecule has 1 aliphatic rings. The molecule has 4 aromatic rings. The summed E-state index contributed by atoms with van der Waals surface area (Å²) in [4.78, 5) is 67.3. The Morgan fingerprint density at radius 2 is 1.48 bits per heavy atom. The van der Waals surface area contributed by atoms with Gasteiger partial charge in [0.1, 0.15) is 6.10 Å². The van der Waals surface area contributed by atoms with E-state index in [2.05, 4.69) is 10.3 Å². The predicted octanol–water partition coefficient (Wildman–Crippen LogP) is 4.51. The van der Waals surface area contributed by atoms with Gasteiger partial charge in [0.15, 0.2) is 6.61 Å². The number of carbonyl (C=O) groups excluding carboxylic acids is 4. The maximum atomic E-state index is 13.2. The molecule has 3 aromatic carbocycles. The summed E-state index contributed by atoms with van der Waals surface area (Å²) in [5.41, 5.74) is 9.79. The number of allylic oxidation sites excluding steroid dienone is 1. The molecule has 11 nitrogen and oxygen atoms in total. The number of Topliss-reactive ketones (excluding diaryl/α,β-unsaturated/α-hetero) is 1. The minimum absolute atomic E-state index is 0.0574. The van der Waals surface area contributed by atoms with E-state index in [9.17, 15) is 29.1 Å². The average molecular weight is 676 g/mol. The van der Waals surface area contributed by atoms with Gasteiger partial charge >= 0.3 is 11.9 Å². The van der Waals surface area contributed by atoms with Crippen LogP contribution in [-0.2, 0) is 41.6 Å². The number of ketones is 1. The molecule has 5 rings (SSSR count). The summed E-state index contributed by atoms with van der Waals surface area (Å²) in [6.07, 6.45) is 0.820. The summed E-state index contributed by atoms with van der Waals surface area (Å²) in [5.74, 6) is -5.02. The van der Waals surface area contributed by atoms with Gasteiger partial charge in [-0.15, -0.1) is 0 Å². The minimum Gasteiger partial charge on any atom is -0.481 e. The standard InChI is InChI=1S/C39H37N3O8/c1-24-30(19-25-11-5-2-6-12-25)29-17-18-41-39(36(29)35(24)37(47)38(40)48)49-23-32(43)42-28(21-33(44)45)22-34(46)50-31(27-15-9-4-10-16-27)20-26-13-7-3-8-14-26/h2-18,28,30-31H,19-23H2,1H3,(H2,40,48)(H,42,43)(H,44,45). The Labute approximate surface area is 289 Å². The normalized spacial score (nSPS) is 14.6. The number of pyridine rings is 1. The van der Waals surface area contributed by atoms with E-state index in [4.69, 9.17) is 15.2 Å². The Morgan fingerprint density at radius 3 is 2.10 bits per heavy atom. The molecule has 0 bridgehead atoms. The van der Waals surface area contributed by atoms with Gasteiger partial charge < -0.3 is 25.6 Å². The largest absolute Gasteiger partial charge is 0.481 e. The molecule has 0 saturated carbocycles. The quantitative estimate of drug-likeness (QED) is 0.114.